The van der Waals surface area contributed by atoms with Gasteiger partial charge in [0.1, 0.15) is 12.2 Å². The van der Waals surface area contributed by atoms with Gasteiger partial charge in [-0.05, 0) is 13.8 Å². The van der Waals surface area contributed by atoms with E-state index in [1.165, 1.54) is 0 Å². The van der Waals surface area contributed by atoms with Gasteiger partial charge in [0.05, 0.1) is 18.8 Å². The molecule has 7 nitrogen and oxygen atoms in total. The van der Waals surface area contributed by atoms with Gasteiger partial charge >= 0.3 is 5.97 Å². The van der Waals surface area contributed by atoms with Gasteiger partial charge in [-0.2, -0.15) is 0 Å². The maximum absolute atomic E-state index is 11.6. The molecule has 0 spiro atoms. The summed E-state index contributed by atoms with van der Waals surface area (Å²) in [7, 11) is 0. The summed E-state index contributed by atoms with van der Waals surface area (Å²) in [5.41, 5.74) is 0. The first-order valence-electron chi connectivity index (χ1n) is 5.38. The van der Waals surface area contributed by atoms with E-state index in [4.69, 9.17) is 14.6 Å². The van der Waals surface area contributed by atoms with Gasteiger partial charge in [-0.1, -0.05) is 0 Å². The first kappa shape index (κ1) is 14.3. The van der Waals surface area contributed by atoms with Crippen LogP contribution in [0.5, 0.6) is 0 Å². The predicted octanol–water partition coefficient (Wildman–Crippen LogP) is -1.87. The Morgan fingerprint density at radius 1 is 1.53 bits per heavy atom. The fourth-order valence-corrected chi connectivity index (χ4v) is 1.60. The van der Waals surface area contributed by atoms with Crippen molar-refractivity contribution in [3.63, 3.8) is 0 Å². The summed E-state index contributed by atoms with van der Waals surface area (Å²) in [6.45, 7) is 2.56. The van der Waals surface area contributed by atoms with Crippen molar-refractivity contribution in [1.29, 1.82) is 0 Å². The van der Waals surface area contributed by atoms with Gasteiger partial charge in [-0.3, -0.25) is 0 Å². The quantitative estimate of drug-likeness (QED) is 0.433. The highest BCUT2D eigenvalue weighted by Gasteiger charge is 2.51. The average Bonchev–Trinajstić information content (AvgIpc) is 2.22. The Balaban J connectivity index is 2.79. The highest BCUT2D eigenvalue weighted by atomic mass is 16.7. The summed E-state index contributed by atoms with van der Waals surface area (Å²) in [6, 6.07) is 0. The number of carbonyl (C=O) groups is 1. The molecule has 1 heterocycles. The van der Waals surface area contributed by atoms with E-state index < -0.39 is 49.2 Å². The highest BCUT2D eigenvalue weighted by molar-refractivity contribution is 5.78. The molecule has 0 aromatic carbocycles. The maximum atomic E-state index is 11.6. The summed E-state index contributed by atoms with van der Waals surface area (Å²) >= 11 is 0. The summed E-state index contributed by atoms with van der Waals surface area (Å²) < 4.78 is 9.67. The highest BCUT2D eigenvalue weighted by Crippen LogP contribution is 2.28. The van der Waals surface area contributed by atoms with Crippen LogP contribution in [0.25, 0.3) is 0 Å². The minimum Gasteiger partial charge on any atom is -0.459 e. The number of ether oxygens (including phenoxy) is 2. The monoisotopic (exact) mass is 250 g/mol. The van der Waals surface area contributed by atoms with Gasteiger partial charge in [0.2, 0.25) is 0 Å². The summed E-state index contributed by atoms with van der Waals surface area (Å²) in [6.07, 6.45) is -4.91. The van der Waals surface area contributed by atoms with Gasteiger partial charge < -0.3 is 29.9 Å². The third-order valence-electron chi connectivity index (χ3n) is 2.45. The molecule has 0 aliphatic carbocycles. The molecule has 0 unspecified atom stereocenters. The molecule has 100 valence electrons. The molecular formula is C10H18O7. The van der Waals surface area contributed by atoms with Crippen LogP contribution < -0.4 is 0 Å². The number of hydrogen-bond donors (Lipinski definition) is 4. The Labute approximate surface area is 98.6 Å². The largest absolute Gasteiger partial charge is 0.459 e. The second-order valence-corrected chi connectivity index (χ2v) is 4.34. The third kappa shape index (κ3) is 3.14. The zero-order chi connectivity index (χ0) is 13.2. The van der Waals surface area contributed by atoms with E-state index >= 15 is 0 Å². The molecule has 0 saturated carbocycles. The van der Waals surface area contributed by atoms with Gasteiger partial charge in [-0.25, -0.2) is 4.79 Å². The van der Waals surface area contributed by atoms with Crippen molar-refractivity contribution in [3.8, 4) is 0 Å². The second-order valence-electron chi connectivity index (χ2n) is 4.34. The SMILES string of the molecule is CC(C)OC(=O)[C@@]1(O)C[C@@H](O)[C@H](O)[C@@H](CO)O1. The van der Waals surface area contributed by atoms with Crippen LogP contribution in [0.1, 0.15) is 20.3 Å². The fourth-order valence-electron chi connectivity index (χ4n) is 1.60. The van der Waals surface area contributed by atoms with E-state index in [9.17, 15) is 20.1 Å². The molecule has 1 saturated heterocycles. The van der Waals surface area contributed by atoms with Crippen LogP contribution in [0, 0.1) is 0 Å². The Morgan fingerprint density at radius 3 is 2.59 bits per heavy atom. The van der Waals surface area contributed by atoms with Crippen LogP contribution in [0.4, 0.5) is 0 Å². The molecule has 4 N–H and O–H groups in total. The number of esters is 1. The van der Waals surface area contributed by atoms with Gasteiger partial charge in [0.25, 0.3) is 5.79 Å². The number of aliphatic hydroxyl groups excluding tert-OH is 3. The molecule has 1 fully saturated rings. The minimum absolute atomic E-state index is 0.452. The van der Waals surface area contributed by atoms with Gasteiger partial charge in [0, 0.05) is 6.42 Å². The Morgan fingerprint density at radius 2 is 2.12 bits per heavy atom. The molecule has 1 aliphatic heterocycles. The number of carbonyl (C=O) groups excluding carboxylic acids is 1. The van der Waals surface area contributed by atoms with Crippen LogP contribution in [-0.4, -0.2) is 63.2 Å². The molecule has 4 atom stereocenters. The van der Waals surface area contributed by atoms with E-state index in [-0.39, 0.29) is 0 Å². The van der Waals surface area contributed by atoms with E-state index in [0.717, 1.165) is 0 Å². The van der Waals surface area contributed by atoms with Crippen molar-refractivity contribution >= 4 is 5.97 Å². The zero-order valence-electron chi connectivity index (χ0n) is 9.74. The molecule has 1 rings (SSSR count). The normalized spacial score (nSPS) is 38.2. The van der Waals surface area contributed by atoms with Crippen molar-refractivity contribution in [1.82, 2.24) is 0 Å². The molecule has 0 bridgehead atoms. The third-order valence-corrected chi connectivity index (χ3v) is 2.45. The molecule has 0 radical (unpaired) electrons. The smallest absolute Gasteiger partial charge is 0.367 e. The molecule has 7 heteroatoms. The molecule has 0 amide bonds. The molecule has 1 aliphatic rings. The Hall–Kier alpha value is -0.730. The second kappa shape index (κ2) is 5.28. The number of hydrogen-bond acceptors (Lipinski definition) is 7. The van der Waals surface area contributed by atoms with Crippen molar-refractivity contribution < 1.29 is 34.7 Å². The van der Waals surface area contributed by atoms with Crippen LogP contribution in [-0.2, 0) is 14.3 Å². The molecule has 0 aromatic heterocycles. The van der Waals surface area contributed by atoms with Crippen molar-refractivity contribution in [3.05, 3.63) is 0 Å². The van der Waals surface area contributed by atoms with Crippen LogP contribution in [0.2, 0.25) is 0 Å². The van der Waals surface area contributed by atoms with E-state index in [1.54, 1.807) is 13.8 Å². The fraction of sp³-hybridized carbons (Fsp3) is 0.900. The Kier molecular flexibility index (Phi) is 4.45. The average molecular weight is 250 g/mol. The van der Waals surface area contributed by atoms with Gasteiger partial charge in [-0.15, -0.1) is 0 Å². The standard InChI is InChI=1S/C10H18O7/c1-5(2)16-9(14)10(15)3-6(12)8(13)7(4-11)17-10/h5-8,11-13,15H,3-4H2,1-2H3/t6-,7-,8+,10-/m1/s1. The van der Waals surface area contributed by atoms with Gasteiger partial charge in [0.15, 0.2) is 0 Å². The van der Waals surface area contributed by atoms with Crippen LogP contribution in [0.3, 0.4) is 0 Å². The van der Waals surface area contributed by atoms with E-state index in [0.29, 0.717) is 0 Å². The Bertz CT molecular complexity index is 280. The summed E-state index contributed by atoms with van der Waals surface area (Å²) in [4.78, 5) is 11.6. The van der Waals surface area contributed by atoms with Crippen molar-refractivity contribution in [2.75, 3.05) is 6.61 Å². The lowest BCUT2D eigenvalue weighted by Gasteiger charge is -2.40. The lowest BCUT2D eigenvalue weighted by atomic mass is 9.96. The van der Waals surface area contributed by atoms with E-state index in [2.05, 4.69) is 0 Å². The summed E-state index contributed by atoms with van der Waals surface area (Å²) in [5, 5.41) is 37.7. The molecule has 17 heavy (non-hydrogen) atoms. The lowest BCUT2D eigenvalue weighted by Crippen LogP contribution is -2.59. The zero-order valence-corrected chi connectivity index (χ0v) is 9.74. The number of rotatable bonds is 3. The number of aliphatic hydroxyl groups is 4. The maximum Gasteiger partial charge on any atom is 0.367 e. The predicted molar refractivity (Wildman–Crippen MR) is 54.8 cm³/mol. The molecule has 0 aromatic rings. The summed E-state index contributed by atoms with van der Waals surface area (Å²) in [5.74, 6) is -3.38. The van der Waals surface area contributed by atoms with Crippen LogP contribution >= 0.6 is 0 Å². The topological polar surface area (TPSA) is 116 Å². The van der Waals surface area contributed by atoms with Crippen molar-refractivity contribution in [2.45, 2.75) is 50.5 Å². The van der Waals surface area contributed by atoms with E-state index in [1.807, 2.05) is 0 Å². The molecular weight excluding hydrogens is 232 g/mol. The minimum atomic E-state index is -2.34. The first-order chi connectivity index (χ1) is 7.80. The van der Waals surface area contributed by atoms with Crippen LogP contribution in [0.15, 0.2) is 0 Å². The lowest BCUT2D eigenvalue weighted by molar-refractivity contribution is -0.301. The van der Waals surface area contributed by atoms with Crippen molar-refractivity contribution in [2.24, 2.45) is 0 Å². The first-order valence-corrected chi connectivity index (χ1v) is 5.38.